The number of amides is 1. The number of hydrogen-bond acceptors (Lipinski definition) is 5. The van der Waals surface area contributed by atoms with E-state index in [1.165, 1.54) is 0 Å². The van der Waals surface area contributed by atoms with Crippen LogP contribution in [0.1, 0.15) is 31.3 Å². The maximum absolute atomic E-state index is 11.5. The fraction of sp³-hybridized carbons (Fsp3) is 0.571. The Kier molecular flexibility index (Phi) is 2.33. The number of nitrogens with one attached hydrogen (secondary N) is 1. The number of carbonyl (C=O) groups excluding carboxylic acids is 1. The number of nitrogens with two attached hydrogens (primary N) is 1. The van der Waals surface area contributed by atoms with E-state index < -0.39 is 11.4 Å². The van der Waals surface area contributed by atoms with Gasteiger partial charge >= 0.3 is 17.4 Å². The van der Waals surface area contributed by atoms with Crippen molar-refractivity contribution in [2.75, 3.05) is 5.73 Å². The molecule has 7 nitrogen and oxygen atoms in total. The van der Waals surface area contributed by atoms with Gasteiger partial charge in [0.1, 0.15) is 0 Å². The highest BCUT2D eigenvalue weighted by molar-refractivity contribution is 5.95. The zero-order chi connectivity index (χ0) is 10.9. The Morgan fingerprint density at radius 3 is 2.57 bits per heavy atom. The Morgan fingerprint density at radius 2 is 2.21 bits per heavy atom. The minimum Gasteiger partial charge on any atom is -0.359 e. The second-order valence-corrected chi connectivity index (χ2v) is 3.87. The minimum atomic E-state index is -0.605. The molecule has 0 aliphatic carbocycles. The molecule has 3 N–H and O–H groups in total. The maximum atomic E-state index is 11.5. The lowest BCUT2D eigenvalue weighted by atomic mass is 10.1. The highest BCUT2D eigenvalue weighted by atomic mass is 16.8. The topological polar surface area (TPSA) is 108 Å². The first-order chi connectivity index (χ1) is 6.31. The molecular weight excluding hydrogens is 188 g/mol. The van der Waals surface area contributed by atoms with E-state index in [0.29, 0.717) is 0 Å². The van der Waals surface area contributed by atoms with Gasteiger partial charge in [-0.1, -0.05) is 0 Å². The average Bonchev–Trinajstić information content (AvgIpc) is 2.27. The molecule has 7 heteroatoms. The van der Waals surface area contributed by atoms with Crippen molar-refractivity contribution in [3.8, 4) is 0 Å². The number of rotatable bonds is 1. The van der Waals surface area contributed by atoms with Crippen molar-refractivity contribution in [1.29, 1.82) is 0 Å². The Bertz CT molecular complexity index is 333. The predicted molar refractivity (Wildman–Crippen MR) is 47.1 cm³/mol. The average molecular weight is 200 g/mol. The number of nitrogens with zero attached hydrogens (tertiary/aromatic N) is 2. The highest BCUT2D eigenvalue weighted by Gasteiger charge is 2.27. The second kappa shape index (κ2) is 3.17. The van der Waals surface area contributed by atoms with Crippen LogP contribution in [0.25, 0.3) is 0 Å². The van der Waals surface area contributed by atoms with Crippen molar-refractivity contribution < 1.29 is 14.3 Å². The first-order valence-corrected chi connectivity index (χ1v) is 3.99. The predicted octanol–water partition coefficient (Wildman–Crippen LogP) is -0.581. The van der Waals surface area contributed by atoms with Crippen molar-refractivity contribution in [1.82, 2.24) is 10.5 Å². The molecule has 0 radical (unpaired) electrons. The molecule has 1 heterocycles. The van der Waals surface area contributed by atoms with E-state index in [1.54, 1.807) is 20.8 Å². The summed E-state index contributed by atoms with van der Waals surface area (Å²) < 4.78 is 4.16. The highest BCUT2D eigenvalue weighted by Crippen LogP contribution is 2.05. The van der Waals surface area contributed by atoms with E-state index in [1.807, 2.05) is 0 Å². The molecule has 78 valence electrons. The number of nitrogen functional groups attached to an aromatic ring is 1. The Hall–Kier alpha value is -1.79. The van der Waals surface area contributed by atoms with Crippen LogP contribution >= 0.6 is 0 Å². The quantitative estimate of drug-likeness (QED) is 0.589. The van der Waals surface area contributed by atoms with Gasteiger partial charge in [0.05, 0.1) is 5.16 Å². The zero-order valence-corrected chi connectivity index (χ0v) is 8.20. The molecule has 0 spiro atoms. The van der Waals surface area contributed by atoms with Gasteiger partial charge in [-0.25, -0.2) is 0 Å². The van der Waals surface area contributed by atoms with Crippen molar-refractivity contribution in [2.45, 2.75) is 26.3 Å². The fourth-order valence-corrected chi connectivity index (χ4v) is 0.858. The Labute approximate surface area is 80.4 Å². The molecule has 0 fully saturated rings. The zero-order valence-electron chi connectivity index (χ0n) is 8.20. The molecule has 1 aromatic rings. The van der Waals surface area contributed by atoms with Crippen molar-refractivity contribution in [3.63, 3.8) is 0 Å². The monoisotopic (exact) mass is 200 g/mol. The third-order valence-corrected chi connectivity index (χ3v) is 1.34. The molecule has 0 aliphatic rings. The van der Waals surface area contributed by atoms with E-state index in [4.69, 9.17) is 5.73 Å². The smallest absolute Gasteiger partial charge is 0.318 e. The lowest BCUT2D eigenvalue weighted by Crippen LogP contribution is -2.45. The Balaban J connectivity index is 2.90. The van der Waals surface area contributed by atoms with Crippen LogP contribution in [0.5, 0.6) is 0 Å². The third kappa shape index (κ3) is 2.12. The molecule has 0 aromatic carbocycles. The van der Waals surface area contributed by atoms with Gasteiger partial charge < -0.3 is 16.3 Å². The number of hydrogen-bond donors (Lipinski definition) is 2. The van der Waals surface area contributed by atoms with E-state index in [0.717, 1.165) is 0 Å². The van der Waals surface area contributed by atoms with Gasteiger partial charge in [0, 0.05) is 5.54 Å². The normalized spacial score (nSPS) is 11.4. The Morgan fingerprint density at radius 1 is 1.64 bits per heavy atom. The van der Waals surface area contributed by atoms with Gasteiger partial charge in [-0.15, -0.1) is 0 Å². The summed E-state index contributed by atoms with van der Waals surface area (Å²) in [6.45, 7) is 5.34. The first-order valence-electron chi connectivity index (χ1n) is 3.99. The van der Waals surface area contributed by atoms with Crippen molar-refractivity contribution >= 4 is 11.7 Å². The molecule has 0 bridgehead atoms. The molecule has 0 saturated carbocycles. The molecule has 0 atom stereocenters. The van der Waals surface area contributed by atoms with Gasteiger partial charge in [-0.3, -0.25) is 9.42 Å². The van der Waals surface area contributed by atoms with E-state index in [9.17, 15) is 10.0 Å². The minimum absolute atomic E-state index is 0.0175. The van der Waals surface area contributed by atoms with Gasteiger partial charge in [0.25, 0.3) is 0 Å². The van der Waals surface area contributed by atoms with E-state index >= 15 is 0 Å². The summed E-state index contributed by atoms with van der Waals surface area (Å²) in [6.07, 6.45) is 0. The number of anilines is 1. The van der Waals surface area contributed by atoms with Crippen LogP contribution in [0.3, 0.4) is 0 Å². The fourth-order valence-electron chi connectivity index (χ4n) is 0.858. The summed E-state index contributed by atoms with van der Waals surface area (Å²) in [5.41, 5.74) is 4.50. The van der Waals surface area contributed by atoms with Crippen LogP contribution in [0.2, 0.25) is 0 Å². The first kappa shape index (κ1) is 10.3. The van der Waals surface area contributed by atoms with Crippen LogP contribution < -0.4 is 16.0 Å². The van der Waals surface area contributed by atoms with E-state index in [-0.39, 0.29) is 16.4 Å². The molecule has 1 amide bonds. The SMILES string of the molecule is CC(C)(C)NC(=O)c1c(N)no[n+]1[O-]. The molecule has 0 unspecified atom stereocenters. The summed E-state index contributed by atoms with van der Waals surface area (Å²) >= 11 is 0. The summed E-state index contributed by atoms with van der Waals surface area (Å²) in [4.78, 5) is 11.4. The van der Waals surface area contributed by atoms with Gasteiger partial charge in [0.15, 0.2) is 0 Å². The van der Waals surface area contributed by atoms with Gasteiger partial charge in [0.2, 0.25) is 0 Å². The molecule has 1 rings (SSSR count). The standard InChI is InChI=1S/C7H12N4O3/c1-7(2,3)9-6(12)4-5(8)10-14-11(4)13/h1-3H3,(H2,8,10)(H,9,12). The second-order valence-electron chi connectivity index (χ2n) is 3.87. The van der Waals surface area contributed by atoms with Gasteiger partial charge in [-0.2, -0.15) is 0 Å². The molecule has 14 heavy (non-hydrogen) atoms. The maximum Gasteiger partial charge on any atom is 0.318 e. The molecule has 0 saturated heterocycles. The lowest BCUT2D eigenvalue weighted by Gasteiger charge is -2.18. The van der Waals surface area contributed by atoms with Crippen LogP contribution in [0.15, 0.2) is 4.63 Å². The number of aromatic nitrogens is 2. The summed E-state index contributed by atoms with van der Waals surface area (Å²) in [7, 11) is 0. The summed E-state index contributed by atoms with van der Waals surface area (Å²) in [5.74, 6) is -0.826. The van der Waals surface area contributed by atoms with Crippen LogP contribution in [-0.4, -0.2) is 16.6 Å². The summed E-state index contributed by atoms with van der Waals surface area (Å²) in [6, 6.07) is 0. The van der Waals surface area contributed by atoms with Gasteiger partial charge in [-0.05, 0) is 25.7 Å². The summed E-state index contributed by atoms with van der Waals surface area (Å²) in [5, 5.41) is 16.6. The lowest BCUT2D eigenvalue weighted by molar-refractivity contribution is -0.803. The molecule has 0 aliphatic heterocycles. The van der Waals surface area contributed by atoms with Crippen LogP contribution in [0, 0.1) is 5.21 Å². The largest absolute Gasteiger partial charge is 0.359 e. The van der Waals surface area contributed by atoms with E-state index in [2.05, 4.69) is 15.1 Å². The van der Waals surface area contributed by atoms with Crippen molar-refractivity contribution in [2.24, 2.45) is 0 Å². The molecular formula is C7H12N4O3. The van der Waals surface area contributed by atoms with Crippen LogP contribution in [-0.2, 0) is 0 Å². The molecule has 1 aromatic heterocycles. The number of carbonyl (C=O) groups is 1. The van der Waals surface area contributed by atoms with Crippen LogP contribution in [0.4, 0.5) is 5.82 Å². The van der Waals surface area contributed by atoms with Crippen molar-refractivity contribution in [3.05, 3.63) is 10.9 Å². The third-order valence-electron chi connectivity index (χ3n) is 1.34.